The van der Waals surface area contributed by atoms with Crippen molar-refractivity contribution in [2.75, 3.05) is 19.6 Å². The van der Waals surface area contributed by atoms with E-state index in [-0.39, 0.29) is 18.2 Å². The molecule has 0 bridgehead atoms. The van der Waals surface area contributed by atoms with E-state index in [9.17, 15) is 4.79 Å². The van der Waals surface area contributed by atoms with Gasteiger partial charge in [-0.1, -0.05) is 30.2 Å². The summed E-state index contributed by atoms with van der Waals surface area (Å²) in [7, 11) is 0. The van der Waals surface area contributed by atoms with Gasteiger partial charge in [-0.3, -0.25) is 4.79 Å². The fraction of sp³-hybridized carbons (Fsp3) is 0.562. The van der Waals surface area contributed by atoms with Crippen molar-refractivity contribution in [3.8, 4) is 0 Å². The van der Waals surface area contributed by atoms with Gasteiger partial charge in [-0.2, -0.15) is 0 Å². The zero-order valence-electron chi connectivity index (χ0n) is 11.9. The highest BCUT2D eigenvalue weighted by Gasteiger charge is 2.13. The second-order valence-electron chi connectivity index (χ2n) is 5.39. The number of Topliss-reactive ketones (excluding diaryl/α,β-unsaturated/α-hetero) is 1. The number of ketones is 1. The zero-order valence-corrected chi connectivity index (χ0v) is 12.8. The first-order valence-corrected chi connectivity index (χ1v) is 6.99. The number of carbonyl (C=O) groups is 1. The van der Waals surface area contributed by atoms with E-state index in [0.717, 1.165) is 17.7 Å². The minimum Gasteiger partial charge on any atom is -0.303 e. The predicted octanol–water partition coefficient (Wildman–Crippen LogP) is 3.78. The Bertz CT molecular complexity index is 425. The lowest BCUT2D eigenvalue weighted by molar-refractivity contribution is 0.0958. The van der Waals surface area contributed by atoms with Crippen molar-refractivity contribution in [1.29, 1.82) is 0 Å². The number of rotatable bonds is 4. The summed E-state index contributed by atoms with van der Waals surface area (Å²) in [5.74, 6) is 0.290. The second kappa shape index (κ2) is 7.66. The van der Waals surface area contributed by atoms with Gasteiger partial charge in [-0.05, 0) is 45.3 Å². The maximum absolute atomic E-state index is 12.2. The number of benzene rings is 1. The van der Waals surface area contributed by atoms with Crippen molar-refractivity contribution < 1.29 is 4.79 Å². The summed E-state index contributed by atoms with van der Waals surface area (Å²) in [6.45, 7) is 7.35. The minimum atomic E-state index is 0. The summed E-state index contributed by atoms with van der Waals surface area (Å²) >= 11 is 0. The summed E-state index contributed by atoms with van der Waals surface area (Å²) in [5, 5.41) is 0. The minimum absolute atomic E-state index is 0. The van der Waals surface area contributed by atoms with Gasteiger partial charge in [0.15, 0.2) is 5.78 Å². The van der Waals surface area contributed by atoms with Crippen LogP contribution in [0.4, 0.5) is 0 Å². The Kier molecular flexibility index (Phi) is 6.53. The molecule has 0 spiro atoms. The standard InChI is InChI=1S/C16H23NO.ClH/c1-13-6-7-15(14(2)12-13)16(18)8-11-17-9-4-3-5-10-17;/h6-7,12H,3-5,8-11H2,1-2H3;1H. The molecule has 0 aromatic heterocycles. The quantitative estimate of drug-likeness (QED) is 0.783. The highest BCUT2D eigenvalue weighted by atomic mass is 35.5. The van der Waals surface area contributed by atoms with E-state index in [1.165, 1.54) is 37.9 Å². The van der Waals surface area contributed by atoms with Crippen LogP contribution in [-0.2, 0) is 0 Å². The Balaban J connectivity index is 0.00000180. The molecule has 0 unspecified atom stereocenters. The molecule has 1 heterocycles. The van der Waals surface area contributed by atoms with Crippen LogP contribution in [0.3, 0.4) is 0 Å². The van der Waals surface area contributed by atoms with Crippen LogP contribution < -0.4 is 0 Å². The molecular formula is C16H24ClNO. The highest BCUT2D eigenvalue weighted by molar-refractivity contribution is 5.97. The Morgan fingerprint density at radius 2 is 1.84 bits per heavy atom. The van der Waals surface area contributed by atoms with Crippen molar-refractivity contribution >= 4 is 18.2 Å². The summed E-state index contributed by atoms with van der Waals surface area (Å²) in [6.07, 6.45) is 4.58. The second-order valence-corrected chi connectivity index (χ2v) is 5.39. The lowest BCUT2D eigenvalue weighted by atomic mass is 10.00. The van der Waals surface area contributed by atoms with Gasteiger partial charge in [0.25, 0.3) is 0 Å². The summed E-state index contributed by atoms with van der Waals surface area (Å²) < 4.78 is 0. The van der Waals surface area contributed by atoms with E-state index in [0.29, 0.717) is 6.42 Å². The third-order valence-electron chi connectivity index (χ3n) is 3.79. The van der Waals surface area contributed by atoms with Gasteiger partial charge in [0, 0.05) is 18.5 Å². The Labute approximate surface area is 122 Å². The first-order valence-electron chi connectivity index (χ1n) is 6.99. The maximum Gasteiger partial charge on any atom is 0.164 e. The Hall–Kier alpha value is -0.860. The van der Waals surface area contributed by atoms with Crippen LogP contribution in [0.5, 0.6) is 0 Å². The van der Waals surface area contributed by atoms with E-state index < -0.39 is 0 Å². The van der Waals surface area contributed by atoms with E-state index in [1.807, 2.05) is 19.1 Å². The van der Waals surface area contributed by atoms with Crippen LogP contribution in [0, 0.1) is 13.8 Å². The molecule has 1 saturated heterocycles. The monoisotopic (exact) mass is 281 g/mol. The number of carbonyl (C=O) groups excluding carboxylic acids is 1. The van der Waals surface area contributed by atoms with Crippen molar-refractivity contribution in [1.82, 2.24) is 4.90 Å². The lowest BCUT2D eigenvalue weighted by Gasteiger charge is -2.26. The molecule has 1 aromatic rings. The van der Waals surface area contributed by atoms with Crippen LogP contribution in [0.2, 0.25) is 0 Å². The van der Waals surface area contributed by atoms with Crippen molar-refractivity contribution in [3.05, 3.63) is 34.9 Å². The molecule has 0 amide bonds. The number of aryl methyl sites for hydroxylation is 2. The van der Waals surface area contributed by atoms with Crippen LogP contribution in [0.25, 0.3) is 0 Å². The molecule has 1 aliphatic rings. The third-order valence-corrected chi connectivity index (χ3v) is 3.79. The number of halogens is 1. The topological polar surface area (TPSA) is 20.3 Å². The number of hydrogen-bond donors (Lipinski definition) is 0. The van der Waals surface area contributed by atoms with Gasteiger partial charge >= 0.3 is 0 Å². The molecule has 2 rings (SSSR count). The van der Waals surface area contributed by atoms with Crippen molar-refractivity contribution in [2.45, 2.75) is 39.5 Å². The Morgan fingerprint density at radius 3 is 2.47 bits per heavy atom. The smallest absolute Gasteiger partial charge is 0.164 e. The first-order chi connectivity index (χ1) is 8.66. The van der Waals surface area contributed by atoms with Crippen molar-refractivity contribution in [2.24, 2.45) is 0 Å². The largest absolute Gasteiger partial charge is 0.303 e. The molecule has 19 heavy (non-hydrogen) atoms. The SMILES string of the molecule is Cc1ccc(C(=O)CCN2CCCCC2)c(C)c1.Cl. The van der Waals surface area contributed by atoms with Gasteiger partial charge in [0.2, 0.25) is 0 Å². The first kappa shape index (κ1) is 16.2. The van der Waals surface area contributed by atoms with Gasteiger partial charge in [0.1, 0.15) is 0 Å². The average molecular weight is 282 g/mol. The molecular weight excluding hydrogens is 258 g/mol. The fourth-order valence-corrected chi connectivity index (χ4v) is 2.70. The van der Waals surface area contributed by atoms with Crippen LogP contribution >= 0.6 is 12.4 Å². The van der Waals surface area contributed by atoms with Gasteiger partial charge in [-0.15, -0.1) is 12.4 Å². The molecule has 106 valence electrons. The predicted molar refractivity (Wildman–Crippen MR) is 82.4 cm³/mol. The van der Waals surface area contributed by atoms with E-state index in [1.54, 1.807) is 0 Å². The van der Waals surface area contributed by atoms with Gasteiger partial charge in [-0.25, -0.2) is 0 Å². The average Bonchev–Trinajstić information content (AvgIpc) is 2.37. The molecule has 0 radical (unpaired) electrons. The summed E-state index contributed by atoms with van der Waals surface area (Å²) in [6, 6.07) is 6.10. The number of hydrogen-bond acceptors (Lipinski definition) is 2. The molecule has 1 aliphatic heterocycles. The van der Waals surface area contributed by atoms with E-state index in [2.05, 4.69) is 17.9 Å². The normalized spacial score (nSPS) is 15.9. The number of piperidine rings is 1. The summed E-state index contributed by atoms with van der Waals surface area (Å²) in [5.41, 5.74) is 3.23. The molecule has 2 nitrogen and oxygen atoms in total. The Morgan fingerprint density at radius 1 is 1.16 bits per heavy atom. The number of nitrogens with zero attached hydrogens (tertiary/aromatic N) is 1. The molecule has 0 aliphatic carbocycles. The molecule has 0 atom stereocenters. The zero-order chi connectivity index (χ0) is 13.0. The number of likely N-dealkylation sites (tertiary alicyclic amines) is 1. The maximum atomic E-state index is 12.2. The third kappa shape index (κ3) is 4.63. The van der Waals surface area contributed by atoms with Crippen LogP contribution in [0.1, 0.15) is 47.2 Å². The molecule has 1 aromatic carbocycles. The van der Waals surface area contributed by atoms with Crippen LogP contribution in [-0.4, -0.2) is 30.3 Å². The summed E-state index contributed by atoms with van der Waals surface area (Å²) in [4.78, 5) is 14.6. The van der Waals surface area contributed by atoms with E-state index in [4.69, 9.17) is 0 Å². The molecule has 0 N–H and O–H groups in total. The fourth-order valence-electron chi connectivity index (χ4n) is 2.70. The molecule has 0 saturated carbocycles. The molecule has 1 fully saturated rings. The van der Waals surface area contributed by atoms with Crippen LogP contribution in [0.15, 0.2) is 18.2 Å². The van der Waals surface area contributed by atoms with Gasteiger partial charge in [0.05, 0.1) is 0 Å². The highest BCUT2D eigenvalue weighted by Crippen LogP contribution is 2.14. The van der Waals surface area contributed by atoms with Crippen molar-refractivity contribution in [3.63, 3.8) is 0 Å². The lowest BCUT2D eigenvalue weighted by Crippen LogP contribution is -2.31. The molecule has 3 heteroatoms. The van der Waals surface area contributed by atoms with E-state index >= 15 is 0 Å². The van der Waals surface area contributed by atoms with Gasteiger partial charge < -0.3 is 4.90 Å².